The summed E-state index contributed by atoms with van der Waals surface area (Å²) in [7, 11) is 0. The molecule has 0 saturated heterocycles. The third-order valence-electron chi connectivity index (χ3n) is 4.16. The molecule has 0 aliphatic heterocycles. The van der Waals surface area contributed by atoms with Gasteiger partial charge in [-0.05, 0) is 37.3 Å². The average Bonchev–Trinajstić information content (AvgIpc) is 3.10. The van der Waals surface area contributed by atoms with Crippen LogP contribution in [0.1, 0.15) is 13.0 Å². The van der Waals surface area contributed by atoms with Crippen LogP contribution in [0.5, 0.6) is 0 Å². The number of hydrogen-bond donors (Lipinski definition) is 2. The number of aromatic nitrogens is 5. The number of hydrogen-bond acceptors (Lipinski definition) is 5. The fraction of sp³-hybridized carbons (Fsp3) is 0.105. The highest BCUT2D eigenvalue weighted by atomic mass is 16.2. The Hall–Kier alpha value is -3.81. The van der Waals surface area contributed by atoms with Gasteiger partial charge in [-0.15, -0.1) is 0 Å². The predicted octanol–water partition coefficient (Wildman–Crippen LogP) is 2.38. The molecule has 8 nitrogen and oxygen atoms in total. The molecule has 3 aromatic heterocycles. The molecule has 1 aromatic carbocycles. The summed E-state index contributed by atoms with van der Waals surface area (Å²) in [5.41, 5.74) is 2.51. The minimum Gasteiger partial charge on any atom is -0.324 e. The summed E-state index contributed by atoms with van der Waals surface area (Å²) in [6.07, 6.45) is 3.30. The average molecular weight is 360 g/mol. The zero-order valence-corrected chi connectivity index (χ0v) is 14.5. The largest absolute Gasteiger partial charge is 0.324 e. The molecule has 4 rings (SSSR count). The van der Waals surface area contributed by atoms with Crippen molar-refractivity contribution in [2.45, 2.75) is 13.0 Å². The molecule has 1 atom stereocenters. The second-order valence-electron chi connectivity index (χ2n) is 6.01. The quantitative estimate of drug-likeness (QED) is 0.581. The molecular weight excluding hydrogens is 344 g/mol. The van der Waals surface area contributed by atoms with Gasteiger partial charge in [0.2, 0.25) is 5.95 Å². The summed E-state index contributed by atoms with van der Waals surface area (Å²) < 4.78 is 1.15. The Bertz CT molecular complexity index is 1130. The summed E-state index contributed by atoms with van der Waals surface area (Å²) >= 11 is 0. The van der Waals surface area contributed by atoms with Gasteiger partial charge in [0.05, 0.1) is 16.7 Å². The van der Waals surface area contributed by atoms with Crippen LogP contribution in [-0.2, 0) is 4.79 Å². The lowest BCUT2D eigenvalue weighted by Crippen LogP contribution is -2.33. The fourth-order valence-electron chi connectivity index (χ4n) is 2.72. The van der Waals surface area contributed by atoms with E-state index in [9.17, 15) is 9.59 Å². The first-order valence-electron chi connectivity index (χ1n) is 8.38. The third-order valence-corrected chi connectivity index (χ3v) is 4.16. The monoisotopic (exact) mass is 360 g/mol. The van der Waals surface area contributed by atoms with Crippen molar-refractivity contribution in [3.63, 3.8) is 0 Å². The van der Waals surface area contributed by atoms with Gasteiger partial charge in [-0.3, -0.25) is 19.9 Å². The molecule has 0 aliphatic rings. The number of imidazole rings is 1. The number of nitrogens with one attached hydrogen (secondary N) is 2. The highest BCUT2D eigenvalue weighted by Gasteiger charge is 2.19. The first-order chi connectivity index (χ1) is 13.1. The zero-order valence-electron chi connectivity index (χ0n) is 14.5. The van der Waals surface area contributed by atoms with E-state index in [1.165, 1.54) is 6.07 Å². The lowest BCUT2D eigenvalue weighted by atomic mass is 10.2. The summed E-state index contributed by atoms with van der Waals surface area (Å²) in [6.45, 7) is 1.61. The minimum atomic E-state index is -0.817. The molecule has 0 bridgehead atoms. The van der Waals surface area contributed by atoms with Gasteiger partial charge in [0.1, 0.15) is 6.04 Å². The predicted molar refractivity (Wildman–Crippen MR) is 101 cm³/mol. The van der Waals surface area contributed by atoms with Gasteiger partial charge in [-0.2, -0.15) is 5.10 Å². The first-order valence-corrected chi connectivity index (χ1v) is 8.38. The van der Waals surface area contributed by atoms with E-state index in [1.54, 1.807) is 31.5 Å². The van der Waals surface area contributed by atoms with Gasteiger partial charge in [0, 0.05) is 24.0 Å². The van der Waals surface area contributed by atoms with Crippen LogP contribution in [0.25, 0.3) is 22.3 Å². The maximum absolute atomic E-state index is 12.6. The number of pyridine rings is 1. The van der Waals surface area contributed by atoms with Gasteiger partial charge in [-0.25, -0.2) is 9.67 Å². The van der Waals surface area contributed by atoms with Gasteiger partial charge >= 0.3 is 0 Å². The van der Waals surface area contributed by atoms with Crippen LogP contribution in [0, 0.1) is 0 Å². The van der Waals surface area contributed by atoms with Crippen molar-refractivity contribution in [2.24, 2.45) is 0 Å². The van der Waals surface area contributed by atoms with E-state index in [0.717, 1.165) is 21.3 Å². The minimum absolute atomic E-state index is 0.324. The molecule has 134 valence electrons. The van der Waals surface area contributed by atoms with Crippen LogP contribution in [0.3, 0.4) is 0 Å². The van der Waals surface area contributed by atoms with Crippen LogP contribution in [0.2, 0.25) is 0 Å². The Balaban J connectivity index is 1.60. The van der Waals surface area contributed by atoms with Crippen molar-refractivity contribution >= 4 is 22.9 Å². The highest BCUT2D eigenvalue weighted by Crippen LogP contribution is 2.16. The SMILES string of the molecule is CC(C(=O)Nc1nc2ccccc2[nH]1)n1nc(-c2cccnc2)ccc1=O. The second kappa shape index (κ2) is 6.83. The van der Waals surface area contributed by atoms with Crippen LogP contribution >= 0.6 is 0 Å². The van der Waals surface area contributed by atoms with E-state index in [4.69, 9.17) is 0 Å². The van der Waals surface area contributed by atoms with Gasteiger partial charge in [-0.1, -0.05) is 12.1 Å². The normalized spacial score (nSPS) is 12.0. The van der Waals surface area contributed by atoms with Crippen molar-refractivity contribution in [2.75, 3.05) is 5.32 Å². The summed E-state index contributed by atoms with van der Waals surface area (Å²) in [5, 5.41) is 7.02. The maximum atomic E-state index is 12.6. The zero-order chi connectivity index (χ0) is 18.8. The number of rotatable bonds is 4. The molecule has 1 amide bonds. The van der Waals surface area contributed by atoms with Crippen molar-refractivity contribution in [3.05, 3.63) is 71.3 Å². The molecule has 0 radical (unpaired) electrons. The lowest BCUT2D eigenvalue weighted by Gasteiger charge is -2.14. The number of carbonyl (C=O) groups excluding carboxylic acids is 1. The van der Waals surface area contributed by atoms with Gasteiger partial charge in [0.25, 0.3) is 11.5 Å². The van der Waals surface area contributed by atoms with Crippen molar-refractivity contribution in [1.82, 2.24) is 24.7 Å². The first kappa shape index (κ1) is 16.6. The Morgan fingerprint density at radius 3 is 2.78 bits per heavy atom. The maximum Gasteiger partial charge on any atom is 0.267 e. The lowest BCUT2D eigenvalue weighted by molar-refractivity contribution is -0.119. The van der Waals surface area contributed by atoms with E-state index in [0.29, 0.717) is 11.6 Å². The Kier molecular flexibility index (Phi) is 4.21. The molecule has 4 aromatic rings. The number of aromatic amines is 1. The fourth-order valence-corrected chi connectivity index (χ4v) is 2.72. The van der Waals surface area contributed by atoms with Crippen molar-refractivity contribution in [3.8, 4) is 11.3 Å². The standard InChI is InChI=1S/C19H16N6O2/c1-12(18(27)23-19-21-15-6-2-3-7-16(15)22-19)25-17(26)9-8-14(24-25)13-5-4-10-20-11-13/h2-12H,1H3,(H2,21,22,23,27). The molecule has 27 heavy (non-hydrogen) atoms. The van der Waals surface area contributed by atoms with Crippen LogP contribution < -0.4 is 10.9 Å². The van der Waals surface area contributed by atoms with E-state index < -0.39 is 11.9 Å². The summed E-state index contributed by atoms with van der Waals surface area (Å²) in [5.74, 6) is -0.0727. The van der Waals surface area contributed by atoms with Gasteiger partial charge < -0.3 is 4.98 Å². The molecule has 0 fully saturated rings. The molecule has 0 spiro atoms. The molecule has 3 heterocycles. The Morgan fingerprint density at radius 2 is 2.00 bits per heavy atom. The number of amides is 1. The van der Waals surface area contributed by atoms with E-state index >= 15 is 0 Å². The van der Waals surface area contributed by atoms with Crippen LogP contribution in [0.15, 0.2) is 65.7 Å². The third kappa shape index (κ3) is 3.32. The van der Waals surface area contributed by atoms with Crippen LogP contribution in [0.4, 0.5) is 5.95 Å². The van der Waals surface area contributed by atoms with Crippen molar-refractivity contribution in [1.29, 1.82) is 0 Å². The summed E-state index contributed by atoms with van der Waals surface area (Å²) in [6, 6.07) is 13.3. The van der Waals surface area contributed by atoms with Crippen molar-refractivity contribution < 1.29 is 4.79 Å². The number of nitrogens with zero attached hydrogens (tertiary/aromatic N) is 4. The topological polar surface area (TPSA) is 106 Å². The number of H-pyrrole nitrogens is 1. The highest BCUT2D eigenvalue weighted by molar-refractivity contribution is 5.93. The molecule has 1 unspecified atom stereocenters. The smallest absolute Gasteiger partial charge is 0.267 e. The molecule has 2 N–H and O–H groups in total. The number of carbonyl (C=O) groups is 1. The second-order valence-corrected chi connectivity index (χ2v) is 6.01. The number of fused-ring (bicyclic) bond motifs is 1. The van der Waals surface area contributed by atoms with E-state index in [1.807, 2.05) is 30.3 Å². The van der Waals surface area contributed by atoms with E-state index in [2.05, 4.69) is 25.4 Å². The number of benzene rings is 1. The molecular formula is C19H16N6O2. The van der Waals surface area contributed by atoms with Gasteiger partial charge in [0.15, 0.2) is 0 Å². The Labute approximate surface area is 153 Å². The number of anilines is 1. The molecule has 8 heteroatoms. The molecule has 0 aliphatic carbocycles. The Morgan fingerprint density at radius 1 is 1.15 bits per heavy atom. The van der Waals surface area contributed by atoms with Crippen LogP contribution in [-0.4, -0.2) is 30.6 Å². The number of para-hydroxylation sites is 2. The van der Waals surface area contributed by atoms with E-state index in [-0.39, 0.29) is 5.56 Å². The molecule has 0 saturated carbocycles. The summed E-state index contributed by atoms with van der Waals surface area (Å²) in [4.78, 5) is 36.2.